The first-order chi connectivity index (χ1) is 16.6. The van der Waals surface area contributed by atoms with E-state index in [-0.39, 0.29) is 11.8 Å². The lowest BCUT2D eigenvalue weighted by Gasteiger charge is -2.26. The monoisotopic (exact) mass is 475 g/mol. The molecule has 2 aromatic carbocycles. The standard InChI is InChI=1S/C26H29N5O2S/c1-27-24(32)19-8-6-18(7-9-19)21-17-31-22-11-10-20(16-23(22)34-26(31)29-21)25(33)28-12-5-15-30-13-3-2-4-14-30/h6-11,16-17H,2-5,12-15H2,1H3,(H,27,32)(H,28,33). The highest BCUT2D eigenvalue weighted by Gasteiger charge is 2.14. The summed E-state index contributed by atoms with van der Waals surface area (Å²) >= 11 is 1.57. The van der Waals surface area contributed by atoms with Gasteiger partial charge in [0.15, 0.2) is 4.96 Å². The lowest BCUT2D eigenvalue weighted by Crippen LogP contribution is -2.33. The van der Waals surface area contributed by atoms with E-state index < -0.39 is 0 Å². The molecule has 5 rings (SSSR count). The molecule has 0 bridgehead atoms. The van der Waals surface area contributed by atoms with E-state index in [1.165, 1.54) is 32.4 Å². The molecule has 0 aliphatic carbocycles. The molecule has 1 aliphatic rings. The molecule has 0 radical (unpaired) electrons. The van der Waals surface area contributed by atoms with E-state index in [1.807, 2.05) is 36.5 Å². The van der Waals surface area contributed by atoms with Gasteiger partial charge < -0.3 is 15.5 Å². The second-order valence-corrected chi connectivity index (χ2v) is 9.74. The van der Waals surface area contributed by atoms with Crippen LogP contribution < -0.4 is 10.6 Å². The van der Waals surface area contributed by atoms with Crippen LogP contribution in [0.2, 0.25) is 0 Å². The third-order valence-corrected chi connectivity index (χ3v) is 7.43. The van der Waals surface area contributed by atoms with Crippen LogP contribution in [-0.4, -0.2) is 59.3 Å². The van der Waals surface area contributed by atoms with Crippen molar-refractivity contribution < 1.29 is 9.59 Å². The minimum Gasteiger partial charge on any atom is -0.355 e. The van der Waals surface area contributed by atoms with E-state index >= 15 is 0 Å². The van der Waals surface area contributed by atoms with Gasteiger partial charge in [0.2, 0.25) is 0 Å². The number of benzene rings is 2. The number of likely N-dealkylation sites (tertiary alicyclic amines) is 1. The molecule has 1 aliphatic heterocycles. The highest BCUT2D eigenvalue weighted by molar-refractivity contribution is 7.23. The Kier molecular flexibility index (Phi) is 6.60. The number of carbonyl (C=O) groups is 2. The summed E-state index contributed by atoms with van der Waals surface area (Å²) < 4.78 is 3.09. The van der Waals surface area contributed by atoms with Gasteiger partial charge in [-0.3, -0.25) is 14.0 Å². The van der Waals surface area contributed by atoms with Crippen LogP contribution in [0.15, 0.2) is 48.7 Å². The molecule has 1 fully saturated rings. The van der Waals surface area contributed by atoms with Crippen molar-refractivity contribution in [3.05, 3.63) is 59.8 Å². The second-order valence-electron chi connectivity index (χ2n) is 8.73. The fourth-order valence-electron chi connectivity index (χ4n) is 4.51. The Morgan fingerprint density at radius 3 is 2.53 bits per heavy atom. The molecule has 8 heteroatoms. The van der Waals surface area contributed by atoms with Crippen LogP contribution in [0.1, 0.15) is 46.4 Å². The number of imidazole rings is 1. The van der Waals surface area contributed by atoms with Crippen LogP contribution in [0.3, 0.4) is 0 Å². The topological polar surface area (TPSA) is 78.7 Å². The normalized spacial score (nSPS) is 14.5. The number of piperidine rings is 1. The first-order valence-electron chi connectivity index (χ1n) is 11.9. The molecule has 0 spiro atoms. The number of carbonyl (C=O) groups excluding carboxylic acids is 2. The average Bonchev–Trinajstić information content (AvgIpc) is 3.44. The summed E-state index contributed by atoms with van der Waals surface area (Å²) in [6.45, 7) is 4.13. The van der Waals surface area contributed by atoms with Crippen LogP contribution in [0, 0.1) is 0 Å². The second kappa shape index (κ2) is 9.95. The van der Waals surface area contributed by atoms with Gasteiger partial charge in [0, 0.05) is 36.5 Å². The Bertz CT molecular complexity index is 1320. The van der Waals surface area contributed by atoms with E-state index in [0.29, 0.717) is 17.7 Å². The first kappa shape index (κ1) is 22.6. The number of aromatic nitrogens is 2. The lowest BCUT2D eigenvalue weighted by molar-refractivity contribution is 0.0947. The number of thiazole rings is 1. The maximum Gasteiger partial charge on any atom is 0.251 e. The molecule has 2 N–H and O–H groups in total. The summed E-state index contributed by atoms with van der Waals surface area (Å²) in [4.78, 5) is 32.6. The number of fused-ring (bicyclic) bond motifs is 3. The van der Waals surface area contributed by atoms with Crippen LogP contribution in [0.5, 0.6) is 0 Å². The van der Waals surface area contributed by atoms with Gasteiger partial charge >= 0.3 is 0 Å². The van der Waals surface area contributed by atoms with Gasteiger partial charge in [-0.1, -0.05) is 29.9 Å². The van der Waals surface area contributed by atoms with Crippen molar-refractivity contribution in [2.45, 2.75) is 25.7 Å². The summed E-state index contributed by atoms with van der Waals surface area (Å²) in [5.41, 5.74) is 4.14. The Morgan fingerprint density at radius 2 is 1.76 bits per heavy atom. The fraction of sp³-hybridized carbons (Fsp3) is 0.346. The number of rotatable bonds is 7. The van der Waals surface area contributed by atoms with Crippen LogP contribution in [-0.2, 0) is 0 Å². The van der Waals surface area contributed by atoms with E-state index in [9.17, 15) is 9.59 Å². The van der Waals surface area contributed by atoms with E-state index in [2.05, 4.69) is 19.9 Å². The molecule has 7 nitrogen and oxygen atoms in total. The number of nitrogens with one attached hydrogen (secondary N) is 2. The fourth-order valence-corrected chi connectivity index (χ4v) is 5.55. The van der Waals surface area contributed by atoms with Crippen molar-refractivity contribution in [1.82, 2.24) is 24.9 Å². The Labute approximate surface area is 202 Å². The van der Waals surface area contributed by atoms with Crippen molar-refractivity contribution in [3.8, 4) is 11.3 Å². The van der Waals surface area contributed by atoms with Gasteiger partial charge in [0.05, 0.1) is 15.9 Å². The Hall–Kier alpha value is -3.23. The van der Waals surface area contributed by atoms with Gasteiger partial charge in [-0.15, -0.1) is 0 Å². The highest BCUT2D eigenvalue weighted by atomic mass is 32.1. The Balaban J connectivity index is 1.25. The van der Waals surface area contributed by atoms with Crippen LogP contribution >= 0.6 is 11.3 Å². The number of hydrogen-bond donors (Lipinski definition) is 2. The maximum atomic E-state index is 12.7. The molecule has 3 heterocycles. The molecule has 2 amide bonds. The van der Waals surface area contributed by atoms with Gasteiger partial charge in [0.25, 0.3) is 11.8 Å². The number of nitrogens with zero attached hydrogens (tertiary/aromatic N) is 3. The highest BCUT2D eigenvalue weighted by Crippen LogP contribution is 2.30. The molecule has 4 aromatic rings. The van der Waals surface area contributed by atoms with Crippen molar-refractivity contribution in [2.75, 3.05) is 33.2 Å². The van der Waals surface area contributed by atoms with Crippen LogP contribution in [0.4, 0.5) is 0 Å². The molecule has 0 saturated carbocycles. The van der Waals surface area contributed by atoms with E-state index in [4.69, 9.17) is 4.98 Å². The lowest BCUT2D eigenvalue weighted by atomic mass is 10.1. The van der Waals surface area contributed by atoms with Crippen molar-refractivity contribution in [1.29, 1.82) is 0 Å². The molecule has 2 aromatic heterocycles. The summed E-state index contributed by atoms with van der Waals surface area (Å²) in [7, 11) is 1.62. The van der Waals surface area contributed by atoms with Gasteiger partial charge in [-0.2, -0.15) is 0 Å². The predicted octanol–water partition coefficient (Wildman–Crippen LogP) is 4.18. The third-order valence-electron chi connectivity index (χ3n) is 6.41. The van der Waals surface area contributed by atoms with Crippen molar-refractivity contribution >= 4 is 38.3 Å². The van der Waals surface area contributed by atoms with Crippen LogP contribution in [0.25, 0.3) is 26.4 Å². The molecule has 0 unspecified atom stereocenters. The summed E-state index contributed by atoms with van der Waals surface area (Å²) in [5.74, 6) is -0.131. The SMILES string of the molecule is CNC(=O)c1ccc(-c2cn3c(n2)sc2cc(C(=O)NCCCN4CCCCC4)ccc23)cc1. The minimum atomic E-state index is -0.106. The summed E-state index contributed by atoms with van der Waals surface area (Å²) in [6, 6.07) is 13.2. The molecular weight excluding hydrogens is 446 g/mol. The maximum absolute atomic E-state index is 12.7. The zero-order valence-electron chi connectivity index (χ0n) is 19.3. The number of amides is 2. The van der Waals surface area contributed by atoms with E-state index in [0.717, 1.165) is 39.4 Å². The zero-order valence-corrected chi connectivity index (χ0v) is 20.2. The molecule has 1 saturated heterocycles. The third kappa shape index (κ3) is 4.69. The van der Waals surface area contributed by atoms with Gasteiger partial charge in [-0.05, 0) is 69.2 Å². The zero-order chi connectivity index (χ0) is 23.5. The Morgan fingerprint density at radius 1 is 1.00 bits per heavy atom. The first-order valence-corrected chi connectivity index (χ1v) is 12.7. The quantitative estimate of drug-likeness (QED) is 0.393. The molecule has 34 heavy (non-hydrogen) atoms. The molecular formula is C26H29N5O2S. The van der Waals surface area contributed by atoms with Crippen molar-refractivity contribution in [2.24, 2.45) is 0 Å². The van der Waals surface area contributed by atoms with Gasteiger partial charge in [0.1, 0.15) is 0 Å². The molecule has 0 atom stereocenters. The minimum absolute atomic E-state index is 0.0246. The molecule has 176 valence electrons. The largest absolute Gasteiger partial charge is 0.355 e. The van der Waals surface area contributed by atoms with E-state index in [1.54, 1.807) is 30.5 Å². The summed E-state index contributed by atoms with van der Waals surface area (Å²) in [5, 5.41) is 5.70. The smallest absolute Gasteiger partial charge is 0.251 e. The van der Waals surface area contributed by atoms with Crippen molar-refractivity contribution in [3.63, 3.8) is 0 Å². The van der Waals surface area contributed by atoms with Gasteiger partial charge in [-0.25, -0.2) is 4.98 Å². The average molecular weight is 476 g/mol. The predicted molar refractivity (Wildman–Crippen MR) is 137 cm³/mol. The summed E-state index contributed by atoms with van der Waals surface area (Å²) in [6.07, 6.45) is 6.91. The number of hydrogen-bond acceptors (Lipinski definition) is 5.